The molecule has 0 bridgehead atoms. The Bertz CT molecular complexity index is 625. The van der Waals surface area contributed by atoms with Crippen LogP contribution in [-0.2, 0) is 13.5 Å². The van der Waals surface area contributed by atoms with Crippen molar-refractivity contribution in [3.8, 4) is 0 Å². The zero-order chi connectivity index (χ0) is 14.9. The topological polar surface area (TPSA) is 90.8 Å². The third-order valence-corrected chi connectivity index (χ3v) is 3.10. The van der Waals surface area contributed by atoms with Crippen LogP contribution in [0.3, 0.4) is 0 Å². The van der Waals surface area contributed by atoms with Crippen molar-refractivity contribution in [1.29, 1.82) is 0 Å². The molecule has 2 aromatic heterocycles. The Balaban J connectivity index is 2.21. The number of aryl methyl sites for hydroxylation is 2. The van der Waals surface area contributed by atoms with Crippen LogP contribution in [0.2, 0.25) is 0 Å². The van der Waals surface area contributed by atoms with Crippen molar-refractivity contribution in [3.63, 3.8) is 0 Å². The Morgan fingerprint density at radius 1 is 1.50 bits per heavy atom. The van der Waals surface area contributed by atoms with Crippen LogP contribution < -0.4 is 11.1 Å². The van der Waals surface area contributed by atoms with E-state index < -0.39 is 0 Å². The van der Waals surface area contributed by atoms with E-state index in [-0.39, 0.29) is 11.9 Å². The SMILES string of the molecule is CCc1nn(C)c(C(=O)Nc2cnn(C(C)C)c2)c1N. The van der Waals surface area contributed by atoms with Gasteiger partial charge in [0.2, 0.25) is 0 Å². The highest BCUT2D eigenvalue weighted by Gasteiger charge is 2.19. The number of nitrogens with zero attached hydrogens (tertiary/aromatic N) is 4. The zero-order valence-corrected chi connectivity index (χ0v) is 12.2. The zero-order valence-electron chi connectivity index (χ0n) is 12.2. The van der Waals surface area contributed by atoms with E-state index in [4.69, 9.17) is 5.73 Å². The summed E-state index contributed by atoms with van der Waals surface area (Å²) in [6.45, 7) is 5.99. The lowest BCUT2D eigenvalue weighted by molar-refractivity contribution is 0.101. The normalized spacial score (nSPS) is 11.1. The van der Waals surface area contributed by atoms with Gasteiger partial charge in [-0.3, -0.25) is 14.2 Å². The second kappa shape index (κ2) is 5.36. The van der Waals surface area contributed by atoms with Gasteiger partial charge in [0.1, 0.15) is 5.69 Å². The smallest absolute Gasteiger partial charge is 0.276 e. The van der Waals surface area contributed by atoms with Gasteiger partial charge in [-0.25, -0.2) is 0 Å². The van der Waals surface area contributed by atoms with E-state index in [1.165, 1.54) is 4.68 Å². The fourth-order valence-electron chi connectivity index (χ4n) is 2.00. The van der Waals surface area contributed by atoms with E-state index in [1.54, 1.807) is 24.1 Å². The van der Waals surface area contributed by atoms with Crippen LogP contribution in [-0.4, -0.2) is 25.5 Å². The molecule has 0 saturated carbocycles. The predicted octanol–water partition coefficient (Wildman–Crippen LogP) is 1.59. The first-order chi connectivity index (χ1) is 9.43. The Labute approximate surface area is 117 Å². The molecule has 7 heteroatoms. The van der Waals surface area contributed by atoms with Crippen molar-refractivity contribution in [2.75, 3.05) is 11.1 Å². The quantitative estimate of drug-likeness (QED) is 0.887. The molecule has 0 unspecified atom stereocenters. The summed E-state index contributed by atoms with van der Waals surface area (Å²) in [5, 5.41) is 11.2. The minimum atomic E-state index is -0.277. The number of rotatable bonds is 4. The minimum Gasteiger partial charge on any atom is -0.395 e. The maximum Gasteiger partial charge on any atom is 0.276 e. The van der Waals surface area contributed by atoms with Crippen molar-refractivity contribution in [3.05, 3.63) is 23.8 Å². The van der Waals surface area contributed by atoms with Crippen LogP contribution >= 0.6 is 0 Å². The molecule has 0 radical (unpaired) electrons. The van der Waals surface area contributed by atoms with Gasteiger partial charge >= 0.3 is 0 Å². The molecule has 2 aromatic rings. The second-order valence-electron chi connectivity index (χ2n) is 4.94. The summed E-state index contributed by atoms with van der Waals surface area (Å²) < 4.78 is 3.29. The summed E-state index contributed by atoms with van der Waals surface area (Å²) in [6, 6.07) is 0.245. The molecule has 108 valence electrons. The van der Waals surface area contributed by atoms with Gasteiger partial charge in [-0.1, -0.05) is 6.92 Å². The lowest BCUT2D eigenvalue weighted by Crippen LogP contribution is -2.17. The lowest BCUT2D eigenvalue weighted by Gasteiger charge is -2.05. The maximum atomic E-state index is 12.3. The molecule has 20 heavy (non-hydrogen) atoms. The molecule has 1 amide bonds. The number of hydrogen-bond donors (Lipinski definition) is 2. The van der Waals surface area contributed by atoms with Gasteiger partial charge in [-0.2, -0.15) is 10.2 Å². The Morgan fingerprint density at radius 3 is 2.70 bits per heavy atom. The summed E-state index contributed by atoms with van der Waals surface area (Å²) in [5.41, 5.74) is 8.14. The first kappa shape index (κ1) is 14.1. The third kappa shape index (κ3) is 2.52. The van der Waals surface area contributed by atoms with Gasteiger partial charge in [0.05, 0.1) is 23.3 Å². The first-order valence-corrected chi connectivity index (χ1v) is 6.60. The largest absolute Gasteiger partial charge is 0.395 e. The van der Waals surface area contributed by atoms with Crippen molar-refractivity contribution in [2.45, 2.75) is 33.2 Å². The monoisotopic (exact) mass is 276 g/mol. The van der Waals surface area contributed by atoms with Gasteiger partial charge in [0, 0.05) is 19.3 Å². The molecule has 0 aliphatic heterocycles. The van der Waals surface area contributed by atoms with E-state index in [1.807, 2.05) is 20.8 Å². The standard InChI is InChI=1S/C13H20N6O/c1-5-10-11(14)12(18(4)17-10)13(20)16-9-6-15-19(7-9)8(2)3/h6-8H,5,14H2,1-4H3,(H,16,20). The van der Waals surface area contributed by atoms with Crippen LogP contribution in [0.15, 0.2) is 12.4 Å². The average Bonchev–Trinajstić information content (AvgIpc) is 2.94. The average molecular weight is 276 g/mol. The summed E-state index contributed by atoms with van der Waals surface area (Å²) in [5.74, 6) is -0.277. The van der Waals surface area contributed by atoms with Crippen LogP contribution in [0.1, 0.15) is 43.0 Å². The van der Waals surface area contributed by atoms with Gasteiger partial charge in [0.15, 0.2) is 0 Å². The van der Waals surface area contributed by atoms with Gasteiger partial charge in [-0.05, 0) is 20.3 Å². The maximum absolute atomic E-state index is 12.3. The number of nitrogen functional groups attached to an aromatic ring is 1. The summed E-state index contributed by atoms with van der Waals surface area (Å²) in [7, 11) is 1.71. The molecular formula is C13H20N6O. The molecule has 0 aliphatic carbocycles. The van der Waals surface area contributed by atoms with E-state index in [2.05, 4.69) is 15.5 Å². The Hall–Kier alpha value is -2.31. The molecule has 3 N–H and O–H groups in total. The molecule has 0 atom stereocenters. The molecular weight excluding hydrogens is 256 g/mol. The number of amides is 1. The van der Waals surface area contributed by atoms with Crippen molar-refractivity contribution >= 4 is 17.3 Å². The molecule has 0 spiro atoms. The number of hydrogen-bond acceptors (Lipinski definition) is 4. The molecule has 2 rings (SSSR count). The Kier molecular flexibility index (Phi) is 3.78. The van der Waals surface area contributed by atoms with Crippen molar-refractivity contribution < 1.29 is 4.79 Å². The second-order valence-corrected chi connectivity index (χ2v) is 4.94. The van der Waals surface area contributed by atoms with Crippen LogP contribution in [0, 0.1) is 0 Å². The number of anilines is 2. The number of nitrogens with two attached hydrogens (primary N) is 1. The number of aromatic nitrogens is 4. The van der Waals surface area contributed by atoms with Gasteiger partial charge in [-0.15, -0.1) is 0 Å². The summed E-state index contributed by atoms with van der Waals surface area (Å²) in [4.78, 5) is 12.3. The molecule has 7 nitrogen and oxygen atoms in total. The highest BCUT2D eigenvalue weighted by molar-refractivity contribution is 6.06. The van der Waals surface area contributed by atoms with E-state index in [0.29, 0.717) is 23.5 Å². The van der Waals surface area contributed by atoms with Crippen molar-refractivity contribution in [1.82, 2.24) is 19.6 Å². The lowest BCUT2D eigenvalue weighted by atomic mass is 10.2. The van der Waals surface area contributed by atoms with Gasteiger partial charge in [0.25, 0.3) is 5.91 Å². The molecule has 0 aliphatic rings. The fourth-order valence-corrected chi connectivity index (χ4v) is 2.00. The first-order valence-electron chi connectivity index (χ1n) is 6.60. The molecule has 2 heterocycles. The fraction of sp³-hybridized carbons (Fsp3) is 0.462. The number of carbonyl (C=O) groups excluding carboxylic acids is 1. The highest BCUT2D eigenvalue weighted by atomic mass is 16.2. The molecule has 0 fully saturated rings. The number of carbonyl (C=O) groups is 1. The number of nitrogens with one attached hydrogen (secondary N) is 1. The predicted molar refractivity (Wildman–Crippen MR) is 77.6 cm³/mol. The van der Waals surface area contributed by atoms with Gasteiger partial charge < -0.3 is 11.1 Å². The van der Waals surface area contributed by atoms with Crippen LogP contribution in [0.5, 0.6) is 0 Å². The summed E-state index contributed by atoms with van der Waals surface area (Å²) >= 11 is 0. The third-order valence-electron chi connectivity index (χ3n) is 3.10. The molecule has 0 saturated heterocycles. The van der Waals surface area contributed by atoms with E-state index in [9.17, 15) is 4.79 Å². The molecule has 0 aromatic carbocycles. The van der Waals surface area contributed by atoms with E-state index >= 15 is 0 Å². The highest BCUT2D eigenvalue weighted by Crippen LogP contribution is 2.19. The van der Waals surface area contributed by atoms with E-state index in [0.717, 1.165) is 5.69 Å². The summed E-state index contributed by atoms with van der Waals surface area (Å²) in [6.07, 6.45) is 4.10. The Morgan fingerprint density at radius 2 is 2.20 bits per heavy atom. The van der Waals surface area contributed by atoms with Crippen molar-refractivity contribution in [2.24, 2.45) is 7.05 Å². The van der Waals surface area contributed by atoms with Crippen LogP contribution in [0.4, 0.5) is 11.4 Å². The van der Waals surface area contributed by atoms with Crippen LogP contribution in [0.25, 0.3) is 0 Å². The minimum absolute atomic E-state index is 0.245.